The highest BCUT2D eigenvalue weighted by atomic mass is 16.3. The van der Waals surface area contributed by atoms with Crippen molar-refractivity contribution in [1.82, 2.24) is 0 Å². The molecule has 0 aliphatic carbocycles. The van der Waals surface area contributed by atoms with E-state index in [1.807, 2.05) is 18.2 Å². The van der Waals surface area contributed by atoms with E-state index in [4.69, 9.17) is 5.73 Å². The topological polar surface area (TPSA) is 75.3 Å². The van der Waals surface area contributed by atoms with Crippen LogP contribution in [-0.4, -0.2) is 17.6 Å². The van der Waals surface area contributed by atoms with E-state index in [0.29, 0.717) is 12.2 Å². The third-order valence-corrected chi connectivity index (χ3v) is 2.78. The number of benzene rings is 2. The number of aromatic hydroxyl groups is 1. The molecular formula is C17H16N2O2. The molecule has 0 spiro atoms. The van der Waals surface area contributed by atoms with Crippen molar-refractivity contribution in [3.8, 4) is 17.6 Å². The number of hydrogen-bond acceptors (Lipinski definition) is 3. The van der Waals surface area contributed by atoms with Crippen molar-refractivity contribution in [2.45, 2.75) is 6.42 Å². The van der Waals surface area contributed by atoms with Gasteiger partial charge in [-0.3, -0.25) is 4.79 Å². The van der Waals surface area contributed by atoms with Gasteiger partial charge in [0.2, 0.25) is 5.91 Å². The molecule has 0 saturated heterocycles. The fraction of sp³-hybridized carbons (Fsp3) is 0.118. The van der Waals surface area contributed by atoms with Gasteiger partial charge < -0.3 is 16.2 Å². The molecule has 0 heterocycles. The molecule has 0 aliphatic heterocycles. The normalized spacial score (nSPS) is 9.57. The second-order valence-corrected chi connectivity index (χ2v) is 4.48. The first-order valence-corrected chi connectivity index (χ1v) is 6.54. The summed E-state index contributed by atoms with van der Waals surface area (Å²) in [5.74, 6) is 5.76. The van der Waals surface area contributed by atoms with Crippen molar-refractivity contribution in [3.63, 3.8) is 0 Å². The SMILES string of the molecule is NCC#Cc1cccc(NC(=O)Cc2ccc(O)cc2)c1. The van der Waals surface area contributed by atoms with E-state index in [1.54, 1.807) is 30.3 Å². The average Bonchev–Trinajstić information content (AvgIpc) is 2.48. The molecule has 4 N–H and O–H groups in total. The number of nitrogens with one attached hydrogen (secondary N) is 1. The van der Waals surface area contributed by atoms with Crippen molar-refractivity contribution in [3.05, 3.63) is 59.7 Å². The van der Waals surface area contributed by atoms with Gasteiger partial charge in [-0.1, -0.05) is 30.0 Å². The van der Waals surface area contributed by atoms with Gasteiger partial charge in [-0.05, 0) is 35.9 Å². The van der Waals surface area contributed by atoms with Gasteiger partial charge in [0.05, 0.1) is 13.0 Å². The summed E-state index contributed by atoms with van der Waals surface area (Å²) in [6.45, 7) is 0.303. The lowest BCUT2D eigenvalue weighted by Crippen LogP contribution is -2.14. The van der Waals surface area contributed by atoms with E-state index in [1.165, 1.54) is 0 Å². The molecule has 2 rings (SSSR count). The Hall–Kier alpha value is -2.77. The lowest BCUT2D eigenvalue weighted by atomic mass is 10.1. The molecule has 0 fully saturated rings. The van der Waals surface area contributed by atoms with E-state index in [2.05, 4.69) is 17.2 Å². The van der Waals surface area contributed by atoms with Crippen molar-refractivity contribution < 1.29 is 9.90 Å². The molecule has 1 amide bonds. The van der Waals surface area contributed by atoms with Crippen LogP contribution in [0.4, 0.5) is 5.69 Å². The standard InChI is InChI=1S/C17H16N2O2/c18-10-2-4-13-3-1-5-15(11-13)19-17(21)12-14-6-8-16(20)9-7-14/h1,3,5-9,11,20H,10,12,18H2,(H,19,21). The molecule has 2 aromatic carbocycles. The smallest absolute Gasteiger partial charge is 0.228 e. The summed E-state index contributed by atoms with van der Waals surface area (Å²) < 4.78 is 0. The van der Waals surface area contributed by atoms with Crippen molar-refractivity contribution in [2.75, 3.05) is 11.9 Å². The molecule has 4 nitrogen and oxygen atoms in total. The van der Waals surface area contributed by atoms with Crippen LogP contribution in [0.5, 0.6) is 5.75 Å². The molecule has 0 aromatic heterocycles. The quantitative estimate of drug-likeness (QED) is 0.751. The van der Waals surface area contributed by atoms with Gasteiger partial charge in [0, 0.05) is 11.3 Å². The van der Waals surface area contributed by atoms with Crippen LogP contribution in [0, 0.1) is 11.8 Å². The Morgan fingerprint density at radius 2 is 1.95 bits per heavy atom. The van der Waals surface area contributed by atoms with Crippen LogP contribution in [0.3, 0.4) is 0 Å². The summed E-state index contributed by atoms with van der Waals surface area (Å²) in [5, 5.41) is 12.0. The molecular weight excluding hydrogens is 264 g/mol. The molecule has 0 atom stereocenters. The number of amides is 1. The predicted molar refractivity (Wildman–Crippen MR) is 82.8 cm³/mol. The van der Waals surface area contributed by atoms with Gasteiger partial charge in [0.1, 0.15) is 5.75 Å². The molecule has 106 valence electrons. The minimum Gasteiger partial charge on any atom is -0.508 e. The monoisotopic (exact) mass is 280 g/mol. The van der Waals surface area contributed by atoms with E-state index >= 15 is 0 Å². The second-order valence-electron chi connectivity index (χ2n) is 4.48. The van der Waals surface area contributed by atoms with Gasteiger partial charge >= 0.3 is 0 Å². The summed E-state index contributed by atoms with van der Waals surface area (Å²) in [7, 11) is 0. The van der Waals surface area contributed by atoms with Gasteiger partial charge in [0.25, 0.3) is 0 Å². The molecule has 0 unspecified atom stereocenters. The Morgan fingerprint density at radius 1 is 1.19 bits per heavy atom. The number of rotatable bonds is 3. The van der Waals surface area contributed by atoms with Crippen molar-refractivity contribution >= 4 is 11.6 Å². The van der Waals surface area contributed by atoms with E-state index in [0.717, 1.165) is 11.1 Å². The van der Waals surface area contributed by atoms with Crippen LogP contribution in [0.1, 0.15) is 11.1 Å². The Morgan fingerprint density at radius 3 is 2.67 bits per heavy atom. The summed E-state index contributed by atoms with van der Waals surface area (Å²) in [6, 6.07) is 13.9. The maximum absolute atomic E-state index is 12.0. The molecule has 0 saturated carbocycles. The van der Waals surface area contributed by atoms with Crippen molar-refractivity contribution in [2.24, 2.45) is 5.73 Å². The first kappa shape index (κ1) is 14.6. The van der Waals surface area contributed by atoms with Gasteiger partial charge in [-0.15, -0.1) is 0 Å². The Balaban J connectivity index is 2.00. The highest BCUT2D eigenvalue weighted by Gasteiger charge is 2.04. The Kier molecular flexibility index (Phi) is 4.97. The number of carbonyl (C=O) groups is 1. The summed E-state index contributed by atoms with van der Waals surface area (Å²) in [6.07, 6.45) is 0.249. The highest BCUT2D eigenvalue weighted by molar-refractivity contribution is 5.92. The van der Waals surface area contributed by atoms with Crippen LogP contribution in [0.2, 0.25) is 0 Å². The number of phenolic OH excluding ortho intramolecular Hbond substituents is 1. The molecule has 0 bridgehead atoms. The van der Waals surface area contributed by atoms with Gasteiger partial charge in [0.15, 0.2) is 0 Å². The minimum absolute atomic E-state index is 0.121. The molecule has 4 heteroatoms. The van der Waals surface area contributed by atoms with Crippen LogP contribution in [-0.2, 0) is 11.2 Å². The fourth-order valence-corrected chi connectivity index (χ4v) is 1.83. The molecule has 2 aromatic rings. The maximum Gasteiger partial charge on any atom is 0.228 e. The molecule has 0 radical (unpaired) electrons. The van der Waals surface area contributed by atoms with Crippen LogP contribution < -0.4 is 11.1 Å². The number of hydrogen-bond donors (Lipinski definition) is 3. The lowest BCUT2D eigenvalue weighted by molar-refractivity contribution is -0.115. The first-order chi connectivity index (χ1) is 10.2. The van der Waals surface area contributed by atoms with E-state index in [9.17, 15) is 9.90 Å². The average molecular weight is 280 g/mol. The van der Waals surface area contributed by atoms with Crippen molar-refractivity contribution in [1.29, 1.82) is 0 Å². The number of anilines is 1. The van der Waals surface area contributed by atoms with Gasteiger partial charge in [-0.2, -0.15) is 0 Å². The first-order valence-electron chi connectivity index (χ1n) is 6.54. The molecule has 0 aliphatic rings. The Bertz CT molecular complexity index is 682. The predicted octanol–water partition coefficient (Wildman–Crippen LogP) is 1.88. The zero-order valence-electron chi connectivity index (χ0n) is 11.5. The number of nitrogens with two attached hydrogens (primary N) is 1. The molecule has 21 heavy (non-hydrogen) atoms. The largest absolute Gasteiger partial charge is 0.508 e. The second kappa shape index (κ2) is 7.13. The Labute approximate surface area is 123 Å². The zero-order valence-corrected chi connectivity index (χ0v) is 11.5. The zero-order chi connectivity index (χ0) is 15.1. The summed E-state index contributed by atoms with van der Waals surface area (Å²) >= 11 is 0. The van der Waals surface area contributed by atoms with E-state index < -0.39 is 0 Å². The summed E-state index contributed by atoms with van der Waals surface area (Å²) in [5.41, 5.74) is 7.67. The summed E-state index contributed by atoms with van der Waals surface area (Å²) in [4.78, 5) is 12.0. The number of carbonyl (C=O) groups excluding carboxylic acids is 1. The highest BCUT2D eigenvalue weighted by Crippen LogP contribution is 2.13. The van der Waals surface area contributed by atoms with Crippen LogP contribution in [0.25, 0.3) is 0 Å². The van der Waals surface area contributed by atoms with E-state index in [-0.39, 0.29) is 18.1 Å². The van der Waals surface area contributed by atoms with Crippen LogP contribution >= 0.6 is 0 Å². The lowest BCUT2D eigenvalue weighted by Gasteiger charge is -2.06. The maximum atomic E-state index is 12.0. The third-order valence-electron chi connectivity index (χ3n) is 2.78. The third kappa shape index (κ3) is 4.68. The van der Waals surface area contributed by atoms with Gasteiger partial charge in [-0.25, -0.2) is 0 Å². The van der Waals surface area contributed by atoms with Crippen LogP contribution in [0.15, 0.2) is 48.5 Å². The number of phenols is 1. The fourth-order valence-electron chi connectivity index (χ4n) is 1.83. The minimum atomic E-state index is -0.121.